The van der Waals surface area contributed by atoms with Gasteiger partial charge < -0.3 is 14.8 Å². The van der Waals surface area contributed by atoms with Crippen LogP contribution in [0.3, 0.4) is 0 Å². The highest BCUT2D eigenvalue weighted by Crippen LogP contribution is 2.32. The molecule has 1 saturated heterocycles. The normalized spacial score (nSPS) is 17.8. The third-order valence-electron chi connectivity index (χ3n) is 4.54. The number of hydrogen-bond acceptors (Lipinski definition) is 5. The first kappa shape index (κ1) is 15.5. The second kappa shape index (κ2) is 6.83. The summed E-state index contributed by atoms with van der Waals surface area (Å²) in [5.74, 6) is 1.26. The van der Waals surface area contributed by atoms with Gasteiger partial charge in [-0.2, -0.15) is 0 Å². The number of hydrogen-bond donors (Lipinski definition) is 1. The van der Waals surface area contributed by atoms with Crippen LogP contribution in [0.5, 0.6) is 11.5 Å². The van der Waals surface area contributed by atoms with Crippen molar-refractivity contribution in [1.82, 2.24) is 10.2 Å². The van der Waals surface area contributed by atoms with Gasteiger partial charge in [0.2, 0.25) is 6.79 Å². The van der Waals surface area contributed by atoms with Crippen LogP contribution in [0, 0.1) is 0 Å². The van der Waals surface area contributed by atoms with Crippen LogP contribution in [-0.2, 0) is 0 Å². The number of nitrogens with zero attached hydrogens (tertiary/aromatic N) is 1. The average molecular weight is 344 g/mol. The number of benzene rings is 1. The van der Waals surface area contributed by atoms with Crippen LogP contribution in [0.15, 0.2) is 35.7 Å². The molecule has 3 heterocycles. The molecule has 2 aliphatic heterocycles. The molecule has 2 aliphatic rings. The molecule has 0 spiro atoms. The summed E-state index contributed by atoms with van der Waals surface area (Å²) in [6.07, 6.45) is 2.47. The largest absolute Gasteiger partial charge is 0.454 e. The Kier molecular flexibility index (Phi) is 4.40. The highest BCUT2D eigenvalue weighted by atomic mass is 32.1. The van der Waals surface area contributed by atoms with Gasteiger partial charge in [0, 0.05) is 17.0 Å². The number of amides is 1. The molecule has 24 heavy (non-hydrogen) atoms. The summed E-state index contributed by atoms with van der Waals surface area (Å²) in [6.45, 7) is 3.04. The molecule has 1 aromatic carbocycles. The summed E-state index contributed by atoms with van der Waals surface area (Å²) in [5, 5.41) is 5.18. The number of rotatable bonds is 5. The van der Waals surface area contributed by atoms with E-state index in [2.05, 4.69) is 27.7 Å². The van der Waals surface area contributed by atoms with Crippen molar-refractivity contribution < 1.29 is 14.3 Å². The maximum absolute atomic E-state index is 12.5. The fourth-order valence-corrected chi connectivity index (χ4v) is 4.13. The Hall–Kier alpha value is -2.05. The van der Waals surface area contributed by atoms with Crippen LogP contribution >= 0.6 is 11.3 Å². The lowest BCUT2D eigenvalue weighted by atomic mass is 10.1. The molecule has 4 rings (SSSR count). The van der Waals surface area contributed by atoms with Gasteiger partial charge in [0.15, 0.2) is 11.5 Å². The maximum Gasteiger partial charge on any atom is 0.251 e. The molecular formula is C18H20N2O3S. The molecule has 1 atom stereocenters. The summed E-state index contributed by atoms with van der Waals surface area (Å²) >= 11 is 1.75. The van der Waals surface area contributed by atoms with Crippen LogP contribution in [-0.4, -0.2) is 37.2 Å². The number of ether oxygens (including phenoxy) is 2. The number of nitrogens with one attached hydrogen (secondary N) is 1. The molecule has 6 heteroatoms. The minimum absolute atomic E-state index is 0.0750. The summed E-state index contributed by atoms with van der Waals surface area (Å²) in [7, 11) is 0. The van der Waals surface area contributed by atoms with E-state index in [0.29, 0.717) is 23.6 Å². The van der Waals surface area contributed by atoms with E-state index in [4.69, 9.17) is 9.47 Å². The fraction of sp³-hybridized carbons (Fsp3) is 0.389. The zero-order valence-corrected chi connectivity index (χ0v) is 14.2. The molecule has 2 aromatic rings. The van der Waals surface area contributed by atoms with Crippen molar-refractivity contribution in [3.05, 3.63) is 46.2 Å². The third kappa shape index (κ3) is 3.12. The van der Waals surface area contributed by atoms with Gasteiger partial charge in [-0.05, 0) is 55.6 Å². The molecule has 1 aromatic heterocycles. The van der Waals surface area contributed by atoms with E-state index in [1.165, 1.54) is 17.7 Å². The molecule has 1 N–H and O–H groups in total. The number of thiophene rings is 1. The zero-order valence-electron chi connectivity index (χ0n) is 13.4. The van der Waals surface area contributed by atoms with E-state index in [-0.39, 0.29) is 18.7 Å². The SMILES string of the molecule is O=C(NCC(c1cccs1)N1CCCC1)c1ccc2c(c1)OCO2. The molecule has 126 valence electrons. The van der Waals surface area contributed by atoms with E-state index >= 15 is 0 Å². The van der Waals surface area contributed by atoms with Crippen molar-refractivity contribution in [3.63, 3.8) is 0 Å². The smallest absolute Gasteiger partial charge is 0.251 e. The minimum atomic E-state index is -0.0750. The Labute approximate surface area is 145 Å². The van der Waals surface area contributed by atoms with E-state index in [9.17, 15) is 4.79 Å². The topological polar surface area (TPSA) is 50.8 Å². The van der Waals surface area contributed by atoms with Gasteiger partial charge in [0.25, 0.3) is 5.91 Å². The van der Waals surface area contributed by atoms with E-state index < -0.39 is 0 Å². The number of carbonyl (C=O) groups is 1. The minimum Gasteiger partial charge on any atom is -0.454 e. The first-order valence-corrected chi connectivity index (χ1v) is 9.14. The van der Waals surface area contributed by atoms with Crippen LogP contribution in [0.25, 0.3) is 0 Å². The molecule has 1 unspecified atom stereocenters. The van der Waals surface area contributed by atoms with Gasteiger partial charge in [-0.1, -0.05) is 6.07 Å². The highest BCUT2D eigenvalue weighted by Gasteiger charge is 2.25. The number of fused-ring (bicyclic) bond motifs is 1. The summed E-state index contributed by atoms with van der Waals surface area (Å²) in [6, 6.07) is 9.79. The van der Waals surface area contributed by atoms with Gasteiger partial charge >= 0.3 is 0 Å². The molecular weight excluding hydrogens is 324 g/mol. The van der Waals surface area contributed by atoms with E-state index in [0.717, 1.165) is 13.1 Å². The van der Waals surface area contributed by atoms with Crippen LogP contribution < -0.4 is 14.8 Å². The van der Waals surface area contributed by atoms with Crippen molar-refractivity contribution in [1.29, 1.82) is 0 Å². The average Bonchev–Trinajstić information content (AvgIpc) is 3.36. The van der Waals surface area contributed by atoms with Crippen molar-refractivity contribution in [2.45, 2.75) is 18.9 Å². The summed E-state index contributed by atoms with van der Waals surface area (Å²) in [4.78, 5) is 16.3. The summed E-state index contributed by atoms with van der Waals surface area (Å²) in [5.41, 5.74) is 0.602. The molecule has 0 saturated carbocycles. The quantitative estimate of drug-likeness (QED) is 0.906. The standard InChI is InChI=1S/C18H20N2O3S/c21-18(13-5-6-15-16(10-13)23-12-22-15)19-11-14(17-4-3-9-24-17)20-7-1-2-8-20/h3-6,9-10,14H,1-2,7-8,11-12H2,(H,19,21). The third-order valence-corrected chi connectivity index (χ3v) is 5.52. The van der Waals surface area contributed by atoms with Crippen LogP contribution in [0.1, 0.15) is 34.1 Å². The van der Waals surface area contributed by atoms with Crippen molar-refractivity contribution in [2.75, 3.05) is 26.4 Å². The second-order valence-electron chi connectivity index (χ2n) is 6.05. The molecule has 1 amide bonds. The van der Waals surface area contributed by atoms with Gasteiger partial charge in [0.1, 0.15) is 0 Å². The van der Waals surface area contributed by atoms with E-state index in [1.54, 1.807) is 29.5 Å². The molecule has 0 aliphatic carbocycles. The molecule has 0 radical (unpaired) electrons. The number of carbonyl (C=O) groups excluding carboxylic acids is 1. The molecule has 5 nitrogen and oxygen atoms in total. The summed E-state index contributed by atoms with van der Waals surface area (Å²) < 4.78 is 10.6. The number of likely N-dealkylation sites (tertiary alicyclic amines) is 1. The Morgan fingerprint density at radius 2 is 2.04 bits per heavy atom. The van der Waals surface area contributed by atoms with E-state index in [1.807, 2.05) is 0 Å². The lowest BCUT2D eigenvalue weighted by Gasteiger charge is -2.26. The Morgan fingerprint density at radius 3 is 2.83 bits per heavy atom. The molecule has 1 fully saturated rings. The van der Waals surface area contributed by atoms with Crippen molar-refractivity contribution in [2.24, 2.45) is 0 Å². The zero-order chi connectivity index (χ0) is 16.4. The fourth-order valence-electron chi connectivity index (χ4n) is 3.27. The van der Waals surface area contributed by atoms with Gasteiger partial charge in [-0.25, -0.2) is 0 Å². The Bertz CT molecular complexity index is 711. The lowest BCUT2D eigenvalue weighted by molar-refractivity contribution is 0.0938. The van der Waals surface area contributed by atoms with Gasteiger partial charge in [-0.3, -0.25) is 9.69 Å². The van der Waals surface area contributed by atoms with Gasteiger partial charge in [0.05, 0.1) is 6.04 Å². The first-order chi connectivity index (χ1) is 11.8. The monoisotopic (exact) mass is 344 g/mol. The predicted molar refractivity (Wildman–Crippen MR) is 92.8 cm³/mol. The highest BCUT2D eigenvalue weighted by molar-refractivity contribution is 7.10. The first-order valence-electron chi connectivity index (χ1n) is 8.26. The van der Waals surface area contributed by atoms with Crippen molar-refractivity contribution >= 4 is 17.2 Å². The second-order valence-corrected chi connectivity index (χ2v) is 7.03. The maximum atomic E-state index is 12.5. The predicted octanol–water partition coefficient (Wildman–Crippen LogP) is 3.04. The van der Waals surface area contributed by atoms with Crippen LogP contribution in [0.2, 0.25) is 0 Å². The molecule has 0 bridgehead atoms. The van der Waals surface area contributed by atoms with Crippen molar-refractivity contribution in [3.8, 4) is 11.5 Å². The Morgan fingerprint density at radius 1 is 1.21 bits per heavy atom. The van der Waals surface area contributed by atoms with Gasteiger partial charge in [-0.15, -0.1) is 11.3 Å². The lowest BCUT2D eigenvalue weighted by Crippen LogP contribution is -2.36. The Balaban J connectivity index is 1.44. The van der Waals surface area contributed by atoms with Crippen LogP contribution in [0.4, 0.5) is 0 Å².